The predicted octanol–water partition coefficient (Wildman–Crippen LogP) is 4.63. The smallest absolute Gasteiger partial charge is 0.175 e. The van der Waals surface area contributed by atoms with Gasteiger partial charge in [0.1, 0.15) is 4.60 Å². The molecule has 1 aromatic heterocycles. The number of hydrogen-bond donors (Lipinski definition) is 1. The Morgan fingerprint density at radius 2 is 2.10 bits per heavy atom. The fourth-order valence-electron chi connectivity index (χ4n) is 1.87. The van der Waals surface area contributed by atoms with E-state index >= 15 is 0 Å². The van der Waals surface area contributed by atoms with Crippen molar-refractivity contribution in [2.75, 3.05) is 19.0 Å². The van der Waals surface area contributed by atoms with E-state index in [4.69, 9.17) is 9.47 Å². The molecule has 1 N–H and O–H groups in total. The molecule has 0 fully saturated rings. The second-order valence-corrected chi connectivity index (χ2v) is 5.84. The van der Waals surface area contributed by atoms with E-state index in [-0.39, 0.29) is 0 Å². The summed E-state index contributed by atoms with van der Waals surface area (Å²) in [4.78, 5) is 4.18. The molecule has 0 aliphatic heterocycles. The summed E-state index contributed by atoms with van der Waals surface area (Å²) < 4.78 is 12.7. The molecule has 2 rings (SSSR count). The number of pyridine rings is 1. The first-order valence-corrected chi connectivity index (χ1v) is 8.08. The largest absolute Gasteiger partial charge is 0.493 e. The van der Waals surface area contributed by atoms with Crippen molar-refractivity contribution in [1.29, 1.82) is 0 Å². The molecule has 0 amide bonds. The number of benzene rings is 1. The van der Waals surface area contributed by atoms with Crippen LogP contribution in [-0.4, -0.2) is 18.7 Å². The lowest BCUT2D eigenvalue weighted by molar-refractivity contribution is 0.308. The van der Waals surface area contributed by atoms with Gasteiger partial charge in [0.15, 0.2) is 11.5 Å². The molecular weight excluding hydrogens is 400 g/mol. The molecule has 6 heteroatoms. The van der Waals surface area contributed by atoms with E-state index in [1.165, 1.54) is 0 Å². The summed E-state index contributed by atoms with van der Waals surface area (Å²) in [7, 11) is 1.64. The van der Waals surface area contributed by atoms with Crippen molar-refractivity contribution in [2.24, 2.45) is 0 Å². The lowest BCUT2D eigenvalue weighted by Gasteiger charge is -2.14. The number of nitrogens with one attached hydrogen (secondary N) is 1. The Labute approximate surface area is 141 Å². The Morgan fingerprint density at radius 1 is 1.29 bits per heavy atom. The summed E-state index contributed by atoms with van der Waals surface area (Å²) in [6.07, 6.45) is 1.74. The fraction of sp³-hybridized carbons (Fsp3) is 0.267. The van der Waals surface area contributed by atoms with Gasteiger partial charge in [0, 0.05) is 12.7 Å². The molecule has 0 saturated heterocycles. The van der Waals surface area contributed by atoms with E-state index in [0.29, 0.717) is 18.9 Å². The molecule has 21 heavy (non-hydrogen) atoms. The van der Waals surface area contributed by atoms with Gasteiger partial charge < -0.3 is 14.8 Å². The van der Waals surface area contributed by atoms with Gasteiger partial charge in [-0.1, -0.05) is 0 Å². The van der Waals surface area contributed by atoms with E-state index in [2.05, 4.69) is 42.2 Å². The van der Waals surface area contributed by atoms with Crippen molar-refractivity contribution in [1.82, 2.24) is 4.98 Å². The highest BCUT2D eigenvalue weighted by Crippen LogP contribution is 2.36. The van der Waals surface area contributed by atoms with E-state index in [9.17, 15) is 0 Å². The Hall–Kier alpha value is -1.27. The Morgan fingerprint density at radius 3 is 2.76 bits per heavy atom. The Bertz CT molecular complexity index is 621. The number of anilines is 1. The van der Waals surface area contributed by atoms with Crippen LogP contribution in [0.5, 0.6) is 11.5 Å². The molecule has 0 aliphatic rings. The topological polar surface area (TPSA) is 43.4 Å². The van der Waals surface area contributed by atoms with Gasteiger partial charge in [-0.15, -0.1) is 0 Å². The maximum atomic E-state index is 5.59. The third-order valence-electron chi connectivity index (χ3n) is 2.82. The van der Waals surface area contributed by atoms with Crippen molar-refractivity contribution in [2.45, 2.75) is 13.5 Å². The number of hydrogen-bond acceptors (Lipinski definition) is 4. The van der Waals surface area contributed by atoms with Gasteiger partial charge in [-0.2, -0.15) is 0 Å². The molecule has 0 aliphatic carbocycles. The highest BCUT2D eigenvalue weighted by Gasteiger charge is 2.11. The minimum Gasteiger partial charge on any atom is -0.493 e. The second-order valence-electron chi connectivity index (χ2n) is 4.24. The average Bonchev–Trinajstić information content (AvgIpc) is 2.48. The average molecular weight is 416 g/mol. The molecule has 0 unspecified atom stereocenters. The molecule has 0 saturated carbocycles. The zero-order chi connectivity index (χ0) is 15.2. The molecule has 0 atom stereocenters. The van der Waals surface area contributed by atoms with Gasteiger partial charge in [0.2, 0.25) is 0 Å². The highest BCUT2D eigenvalue weighted by molar-refractivity contribution is 9.10. The van der Waals surface area contributed by atoms with Crippen molar-refractivity contribution >= 4 is 37.5 Å². The third-order valence-corrected chi connectivity index (χ3v) is 4.04. The first-order chi connectivity index (χ1) is 10.2. The normalized spacial score (nSPS) is 10.3. The molecule has 0 spiro atoms. The molecule has 1 aromatic carbocycles. The number of methoxy groups -OCH3 is 1. The van der Waals surface area contributed by atoms with E-state index in [0.717, 1.165) is 26.1 Å². The van der Waals surface area contributed by atoms with Gasteiger partial charge in [-0.05, 0) is 68.6 Å². The van der Waals surface area contributed by atoms with Crippen LogP contribution in [0.3, 0.4) is 0 Å². The maximum absolute atomic E-state index is 5.59. The van der Waals surface area contributed by atoms with Crippen LogP contribution in [0, 0.1) is 0 Å². The summed E-state index contributed by atoms with van der Waals surface area (Å²) in [5.74, 6) is 1.44. The predicted molar refractivity (Wildman–Crippen MR) is 91.1 cm³/mol. The van der Waals surface area contributed by atoms with Gasteiger partial charge >= 0.3 is 0 Å². The van der Waals surface area contributed by atoms with Gasteiger partial charge in [0.25, 0.3) is 0 Å². The highest BCUT2D eigenvalue weighted by atomic mass is 79.9. The van der Waals surface area contributed by atoms with Crippen molar-refractivity contribution in [3.8, 4) is 11.5 Å². The van der Waals surface area contributed by atoms with Crippen LogP contribution in [0.25, 0.3) is 0 Å². The molecule has 2 aromatic rings. The van der Waals surface area contributed by atoms with Crippen molar-refractivity contribution in [3.05, 3.63) is 45.1 Å². The van der Waals surface area contributed by atoms with Crippen molar-refractivity contribution in [3.63, 3.8) is 0 Å². The SMILES string of the molecule is CCOc1c(Br)cc(CNc2cccnc2Br)cc1OC. The molecule has 0 bridgehead atoms. The lowest BCUT2D eigenvalue weighted by atomic mass is 10.2. The van der Waals surface area contributed by atoms with Crippen LogP contribution in [0.15, 0.2) is 39.5 Å². The third kappa shape index (κ3) is 4.11. The van der Waals surface area contributed by atoms with Gasteiger partial charge in [-0.3, -0.25) is 0 Å². The molecular formula is C15H16Br2N2O2. The molecule has 112 valence electrons. The second kappa shape index (κ2) is 7.66. The summed E-state index contributed by atoms with van der Waals surface area (Å²) in [5, 5.41) is 3.33. The minimum absolute atomic E-state index is 0.592. The number of nitrogens with zero attached hydrogens (tertiary/aromatic N) is 1. The summed E-state index contributed by atoms with van der Waals surface area (Å²) in [6, 6.07) is 7.84. The standard InChI is InChI=1S/C15H16Br2N2O2/c1-3-21-14-11(16)7-10(8-13(14)20-2)9-19-12-5-4-6-18-15(12)17/h4-8,19H,3,9H2,1-2H3. The van der Waals surface area contributed by atoms with E-state index in [1.807, 2.05) is 31.2 Å². The quantitative estimate of drug-likeness (QED) is 0.698. The van der Waals surface area contributed by atoms with Gasteiger partial charge in [0.05, 0.1) is 23.9 Å². The number of ether oxygens (including phenoxy) is 2. The maximum Gasteiger partial charge on any atom is 0.175 e. The minimum atomic E-state index is 0.592. The summed E-state index contributed by atoms with van der Waals surface area (Å²) >= 11 is 6.94. The van der Waals surface area contributed by atoms with Crippen LogP contribution < -0.4 is 14.8 Å². The van der Waals surface area contributed by atoms with E-state index in [1.54, 1.807) is 13.3 Å². The zero-order valence-electron chi connectivity index (χ0n) is 11.8. The van der Waals surface area contributed by atoms with Crippen LogP contribution in [-0.2, 0) is 6.54 Å². The molecule has 1 heterocycles. The van der Waals surface area contributed by atoms with Crippen LogP contribution >= 0.6 is 31.9 Å². The zero-order valence-corrected chi connectivity index (χ0v) is 15.0. The number of rotatable bonds is 6. The van der Waals surface area contributed by atoms with Gasteiger partial charge in [-0.25, -0.2) is 4.98 Å². The first-order valence-electron chi connectivity index (χ1n) is 6.49. The number of halogens is 2. The summed E-state index contributed by atoms with van der Waals surface area (Å²) in [6.45, 7) is 3.20. The van der Waals surface area contributed by atoms with Crippen molar-refractivity contribution < 1.29 is 9.47 Å². The lowest BCUT2D eigenvalue weighted by Crippen LogP contribution is -2.03. The summed E-state index contributed by atoms with van der Waals surface area (Å²) in [5.41, 5.74) is 2.03. The molecule has 0 radical (unpaired) electrons. The molecule has 4 nitrogen and oxygen atoms in total. The van der Waals surface area contributed by atoms with E-state index < -0.39 is 0 Å². The number of aromatic nitrogens is 1. The van der Waals surface area contributed by atoms with Crippen LogP contribution in [0.4, 0.5) is 5.69 Å². The Kier molecular flexibility index (Phi) is 5.87. The van der Waals surface area contributed by atoms with Crippen LogP contribution in [0.2, 0.25) is 0 Å². The fourth-order valence-corrected chi connectivity index (χ4v) is 2.87. The Balaban J connectivity index is 2.17. The first kappa shape index (κ1) is 16.1. The van der Waals surface area contributed by atoms with Crippen LogP contribution in [0.1, 0.15) is 12.5 Å². The monoisotopic (exact) mass is 414 g/mol.